The Balaban J connectivity index is 1.27. The molecule has 0 bridgehead atoms. The van der Waals surface area contributed by atoms with E-state index in [1.807, 2.05) is 13.8 Å². The highest BCUT2D eigenvalue weighted by Crippen LogP contribution is 2.31. The first-order valence-electron chi connectivity index (χ1n) is 13.5. The number of aromatic carboxylic acids is 1. The minimum Gasteiger partial charge on any atom is -0.478 e. The van der Waals surface area contributed by atoms with Crippen LogP contribution < -0.4 is 10.1 Å². The van der Waals surface area contributed by atoms with Crippen LogP contribution in [0.1, 0.15) is 74.6 Å². The molecule has 2 amide bonds. The summed E-state index contributed by atoms with van der Waals surface area (Å²) in [5, 5.41) is 24.9. The van der Waals surface area contributed by atoms with Crippen LogP contribution in [0.15, 0.2) is 53.7 Å². The Morgan fingerprint density at radius 1 is 0.976 bits per heavy atom. The number of carboxylic acid groups (broad SMARTS) is 1. The number of carbonyl (C=O) groups excluding carboxylic acids is 2. The van der Waals surface area contributed by atoms with Gasteiger partial charge in [0.15, 0.2) is 0 Å². The first-order chi connectivity index (χ1) is 19.3. The highest BCUT2D eigenvalue weighted by molar-refractivity contribution is 7.99. The van der Waals surface area contributed by atoms with Crippen LogP contribution in [0.2, 0.25) is 0 Å². The zero-order chi connectivity index (χ0) is 29.8. The molecule has 2 heterocycles. The number of nitrogens with zero attached hydrogens (tertiary/aromatic N) is 5. The molecule has 3 aromatic rings. The van der Waals surface area contributed by atoms with Gasteiger partial charge in [-0.1, -0.05) is 32.5 Å². The summed E-state index contributed by atoms with van der Waals surface area (Å²) >= 11 is 1.53. The van der Waals surface area contributed by atoms with E-state index in [0.717, 1.165) is 19.3 Å². The van der Waals surface area contributed by atoms with Crippen LogP contribution >= 0.6 is 11.8 Å². The number of hydrogen-bond donors (Lipinski definition) is 2. The SMILES string of the molecule is CC(C)(C)CC(C)(C)NC(=O)c1ccc(OC(=O)N2CCC(Sc3nnnn3-c3ccc(C(=O)O)cc3)CC2)cc1. The van der Waals surface area contributed by atoms with Crippen LogP contribution in [0.5, 0.6) is 5.75 Å². The van der Waals surface area contributed by atoms with Crippen LogP contribution in [-0.4, -0.2) is 72.1 Å². The normalized spacial score (nSPS) is 14.5. The zero-order valence-corrected chi connectivity index (χ0v) is 24.8. The molecule has 2 aromatic carbocycles. The third kappa shape index (κ3) is 8.29. The van der Waals surface area contributed by atoms with Gasteiger partial charge in [-0.05, 0) is 97.5 Å². The number of tetrazole rings is 1. The molecule has 4 rings (SSSR count). The lowest BCUT2D eigenvalue weighted by atomic mass is 9.81. The average molecular weight is 581 g/mol. The average Bonchev–Trinajstić information content (AvgIpc) is 3.36. The molecule has 2 N–H and O–H groups in total. The Morgan fingerprint density at radius 2 is 1.59 bits per heavy atom. The molecule has 0 aliphatic carbocycles. The molecular formula is C29H36N6O5S. The summed E-state index contributed by atoms with van der Waals surface area (Å²) in [4.78, 5) is 38.3. The molecule has 0 atom stereocenters. The fraction of sp³-hybridized carbons (Fsp3) is 0.448. The van der Waals surface area contributed by atoms with Gasteiger partial charge in [-0.15, -0.1) is 5.10 Å². The van der Waals surface area contributed by atoms with E-state index < -0.39 is 12.1 Å². The van der Waals surface area contributed by atoms with Crippen molar-refractivity contribution in [2.24, 2.45) is 5.41 Å². The Kier molecular flexibility index (Phi) is 9.01. The molecule has 1 saturated heterocycles. The third-order valence-corrected chi connectivity index (χ3v) is 7.79. The van der Waals surface area contributed by atoms with Gasteiger partial charge in [-0.2, -0.15) is 4.68 Å². The lowest BCUT2D eigenvalue weighted by Crippen LogP contribution is -2.45. The smallest absolute Gasteiger partial charge is 0.415 e. The van der Waals surface area contributed by atoms with Crippen molar-refractivity contribution in [3.63, 3.8) is 0 Å². The Bertz CT molecular complexity index is 1370. The topological polar surface area (TPSA) is 140 Å². The van der Waals surface area contributed by atoms with Gasteiger partial charge in [-0.3, -0.25) is 4.79 Å². The largest absolute Gasteiger partial charge is 0.478 e. The predicted molar refractivity (Wildman–Crippen MR) is 155 cm³/mol. The number of piperidine rings is 1. The molecule has 1 fully saturated rings. The van der Waals surface area contributed by atoms with Crippen molar-refractivity contribution >= 4 is 29.7 Å². The summed E-state index contributed by atoms with van der Waals surface area (Å²) in [6, 6.07) is 12.9. The van der Waals surface area contributed by atoms with Gasteiger partial charge in [0.05, 0.1) is 11.3 Å². The summed E-state index contributed by atoms with van der Waals surface area (Å²) in [5.74, 6) is -0.783. The standard InChI is InChI=1S/C29H36N6O5S/c1-28(2,3)18-29(4,5)30-24(36)19-8-12-22(13-9-19)40-27(39)34-16-14-23(15-17-34)41-26-31-32-33-35(26)21-10-6-20(7-11-21)25(37)38/h6-13,23H,14-18H2,1-5H3,(H,30,36)(H,37,38). The molecule has 0 radical (unpaired) electrons. The Morgan fingerprint density at radius 3 is 2.17 bits per heavy atom. The highest BCUT2D eigenvalue weighted by Gasteiger charge is 2.28. The number of likely N-dealkylation sites (tertiary alicyclic amines) is 1. The van der Waals surface area contributed by atoms with Crippen LogP contribution in [0.25, 0.3) is 5.69 Å². The molecule has 41 heavy (non-hydrogen) atoms. The summed E-state index contributed by atoms with van der Waals surface area (Å²) < 4.78 is 7.15. The number of nitrogens with one attached hydrogen (secondary N) is 1. The number of hydrogen-bond acceptors (Lipinski definition) is 8. The Labute approximate surface area is 243 Å². The van der Waals surface area contributed by atoms with E-state index in [4.69, 9.17) is 9.84 Å². The molecule has 218 valence electrons. The number of carbonyl (C=O) groups is 3. The lowest BCUT2D eigenvalue weighted by molar-refractivity contribution is 0.0696. The van der Waals surface area contributed by atoms with Crippen LogP contribution in [0, 0.1) is 5.41 Å². The van der Waals surface area contributed by atoms with Gasteiger partial charge in [-0.25, -0.2) is 9.59 Å². The third-order valence-electron chi connectivity index (χ3n) is 6.52. The maximum atomic E-state index is 12.8. The second kappa shape index (κ2) is 12.3. The summed E-state index contributed by atoms with van der Waals surface area (Å²) in [5.41, 5.74) is 1.08. The van der Waals surface area contributed by atoms with E-state index >= 15 is 0 Å². The molecule has 0 unspecified atom stereocenters. The molecular weight excluding hydrogens is 544 g/mol. The number of benzene rings is 2. The second-order valence-corrected chi connectivity index (χ2v) is 13.3. The van der Waals surface area contributed by atoms with Crippen molar-refractivity contribution in [1.29, 1.82) is 0 Å². The number of ether oxygens (including phenoxy) is 1. The summed E-state index contributed by atoms with van der Waals surface area (Å²) in [6.45, 7) is 11.5. The van der Waals surface area contributed by atoms with Crippen molar-refractivity contribution in [2.45, 2.75) is 69.8 Å². The van der Waals surface area contributed by atoms with Gasteiger partial charge in [0, 0.05) is 29.4 Å². The number of aromatic nitrogens is 4. The van der Waals surface area contributed by atoms with Crippen LogP contribution in [0.4, 0.5) is 4.79 Å². The predicted octanol–water partition coefficient (Wildman–Crippen LogP) is 5.06. The van der Waals surface area contributed by atoms with Crippen molar-refractivity contribution in [3.8, 4) is 11.4 Å². The maximum Gasteiger partial charge on any atom is 0.415 e. The second-order valence-electron chi connectivity index (χ2n) is 12.0. The van der Waals surface area contributed by atoms with E-state index in [1.54, 1.807) is 46.0 Å². The Hall–Kier alpha value is -3.93. The minimum atomic E-state index is -0.997. The van der Waals surface area contributed by atoms with E-state index in [-0.39, 0.29) is 27.7 Å². The van der Waals surface area contributed by atoms with Crippen LogP contribution in [-0.2, 0) is 0 Å². The van der Waals surface area contributed by atoms with E-state index in [0.29, 0.717) is 35.2 Å². The number of rotatable bonds is 8. The van der Waals surface area contributed by atoms with Crippen molar-refractivity contribution < 1.29 is 24.2 Å². The van der Waals surface area contributed by atoms with Gasteiger partial charge >= 0.3 is 12.1 Å². The van der Waals surface area contributed by atoms with E-state index in [9.17, 15) is 14.4 Å². The number of amides is 2. The molecule has 1 aliphatic rings. The van der Waals surface area contributed by atoms with E-state index in [2.05, 4.69) is 41.6 Å². The fourth-order valence-electron chi connectivity index (χ4n) is 5.05. The fourth-order valence-corrected chi connectivity index (χ4v) is 6.12. The monoisotopic (exact) mass is 580 g/mol. The lowest BCUT2D eigenvalue weighted by Gasteiger charge is -2.33. The first-order valence-corrected chi connectivity index (χ1v) is 14.4. The number of thioether (sulfide) groups is 1. The van der Waals surface area contributed by atoms with Gasteiger partial charge in [0.2, 0.25) is 5.16 Å². The maximum absolute atomic E-state index is 12.8. The zero-order valence-electron chi connectivity index (χ0n) is 24.0. The van der Waals surface area contributed by atoms with Gasteiger partial charge in [0.1, 0.15) is 5.75 Å². The van der Waals surface area contributed by atoms with E-state index in [1.165, 1.54) is 23.9 Å². The summed E-state index contributed by atoms with van der Waals surface area (Å²) in [7, 11) is 0. The van der Waals surface area contributed by atoms with Crippen molar-refractivity contribution in [2.75, 3.05) is 13.1 Å². The van der Waals surface area contributed by atoms with Gasteiger partial charge in [0.25, 0.3) is 5.91 Å². The van der Waals surface area contributed by atoms with Gasteiger partial charge < -0.3 is 20.1 Å². The van der Waals surface area contributed by atoms with Crippen molar-refractivity contribution in [3.05, 3.63) is 59.7 Å². The molecule has 12 heteroatoms. The first kappa shape index (κ1) is 30.0. The van der Waals surface area contributed by atoms with Crippen molar-refractivity contribution in [1.82, 2.24) is 30.4 Å². The van der Waals surface area contributed by atoms with Crippen LogP contribution in [0.3, 0.4) is 0 Å². The highest BCUT2D eigenvalue weighted by atomic mass is 32.2. The molecule has 1 aromatic heterocycles. The molecule has 11 nitrogen and oxygen atoms in total. The molecule has 1 aliphatic heterocycles. The molecule has 0 spiro atoms. The number of carboxylic acids is 1. The quantitative estimate of drug-likeness (QED) is 0.374. The molecule has 0 saturated carbocycles. The minimum absolute atomic E-state index is 0.0797. The summed E-state index contributed by atoms with van der Waals surface area (Å²) in [6.07, 6.45) is 1.86.